The molecular formula is C18H27BrO2. The number of carbonyl (C=O) groups excluding carboxylic acids is 1. The minimum atomic E-state index is -0.578. The molecule has 0 amide bonds. The van der Waals surface area contributed by atoms with E-state index in [-0.39, 0.29) is 22.1 Å². The summed E-state index contributed by atoms with van der Waals surface area (Å²) in [5, 5.41) is 0. The Morgan fingerprint density at radius 2 is 1.71 bits per heavy atom. The molecule has 1 aromatic rings. The van der Waals surface area contributed by atoms with Crippen molar-refractivity contribution >= 4 is 21.9 Å². The zero-order valence-corrected chi connectivity index (χ0v) is 15.5. The van der Waals surface area contributed by atoms with Crippen LogP contribution in [0.5, 0.6) is 0 Å². The molecule has 0 spiro atoms. The molecule has 2 atom stereocenters. The van der Waals surface area contributed by atoms with Crippen LogP contribution in [0.3, 0.4) is 0 Å². The molecule has 118 valence electrons. The predicted octanol–water partition coefficient (Wildman–Crippen LogP) is 5.17. The third-order valence-electron chi connectivity index (χ3n) is 4.79. The molecule has 0 N–H and O–H groups in total. The van der Waals surface area contributed by atoms with Gasteiger partial charge in [0.1, 0.15) is 0 Å². The van der Waals surface area contributed by atoms with Gasteiger partial charge in [0.05, 0.1) is 12.0 Å². The van der Waals surface area contributed by atoms with E-state index < -0.39 is 5.41 Å². The average Bonchev–Trinajstić information content (AvgIpc) is 2.39. The maximum absolute atomic E-state index is 12.4. The highest BCUT2D eigenvalue weighted by molar-refractivity contribution is 9.09. The molecule has 2 nitrogen and oxygen atoms in total. The fourth-order valence-electron chi connectivity index (χ4n) is 2.88. The van der Waals surface area contributed by atoms with Crippen LogP contribution in [-0.4, -0.2) is 17.4 Å². The number of carbonyl (C=O) groups is 1. The molecule has 0 heterocycles. The van der Waals surface area contributed by atoms with Crippen LogP contribution in [0.4, 0.5) is 0 Å². The molecule has 3 heteroatoms. The van der Waals surface area contributed by atoms with Gasteiger partial charge in [-0.15, -0.1) is 0 Å². The number of hydrogen-bond acceptors (Lipinski definition) is 2. The lowest BCUT2D eigenvalue weighted by atomic mass is 9.58. The largest absolute Gasteiger partial charge is 0.466 e. The second kappa shape index (κ2) is 6.95. The summed E-state index contributed by atoms with van der Waals surface area (Å²) < 4.78 is 5.30. The first-order chi connectivity index (χ1) is 9.66. The molecule has 0 saturated carbocycles. The maximum atomic E-state index is 12.4. The molecule has 0 aliphatic heterocycles. The first-order valence-corrected chi connectivity index (χ1v) is 8.44. The van der Waals surface area contributed by atoms with Crippen LogP contribution in [0.25, 0.3) is 0 Å². The molecule has 0 aliphatic carbocycles. The zero-order valence-electron chi connectivity index (χ0n) is 13.9. The molecule has 1 aromatic carbocycles. The van der Waals surface area contributed by atoms with Gasteiger partial charge in [-0.05, 0) is 31.7 Å². The van der Waals surface area contributed by atoms with Gasteiger partial charge in [-0.25, -0.2) is 0 Å². The molecule has 0 aliphatic rings. The minimum absolute atomic E-state index is 0.135. The van der Waals surface area contributed by atoms with Gasteiger partial charge in [-0.3, -0.25) is 4.79 Å². The lowest BCUT2D eigenvalue weighted by Crippen LogP contribution is -2.46. The average molecular weight is 355 g/mol. The Labute approximate surface area is 137 Å². The third kappa shape index (κ3) is 3.68. The van der Waals surface area contributed by atoms with Gasteiger partial charge in [-0.2, -0.15) is 0 Å². The highest BCUT2D eigenvalue weighted by atomic mass is 79.9. The van der Waals surface area contributed by atoms with Crippen LogP contribution in [0.15, 0.2) is 30.3 Å². The van der Waals surface area contributed by atoms with E-state index >= 15 is 0 Å². The van der Waals surface area contributed by atoms with E-state index in [9.17, 15) is 4.79 Å². The molecule has 0 bridgehead atoms. The SMILES string of the molecule is CCOC(=O)C(C)(C)C(C)(C)C(c1ccccc1)C(C)Br. The van der Waals surface area contributed by atoms with E-state index in [1.54, 1.807) is 0 Å². The van der Waals surface area contributed by atoms with Crippen molar-refractivity contribution in [1.29, 1.82) is 0 Å². The fourth-order valence-corrected chi connectivity index (χ4v) is 3.85. The van der Waals surface area contributed by atoms with E-state index in [1.807, 2.05) is 39.0 Å². The van der Waals surface area contributed by atoms with Crippen molar-refractivity contribution in [3.63, 3.8) is 0 Å². The molecular weight excluding hydrogens is 328 g/mol. The van der Waals surface area contributed by atoms with Crippen LogP contribution in [0.1, 0.15) is 53.0 Å². The van der Waals surface area contributed by atoms with Gasteiger partial charge in [0.2, 0.25) is 0 Å². The Balaban J connectivity index is 3.26. The van der Waals surface area contributed by atoms with Crippen LogP contribution in [0, 0.1) is 10.8 Å². The van der Waals surface area contributed by atoms with Crippen molar-refractivity contribution in [3.8, 4) is 0 Å². The molecule has 0 aromatic heterocycles. The maximum Gasteiger partial charge on any atom is 0.312 e. The van der Waals surface area contributed by atoms with Crippen LogP contribution >= 0.6 is 15.9 Å². The quantitative estimate of drug-likeness (QED) is 0.520. The predicted molar refractivity (Wildman–Crippen MR) is 91.8 cm³/mol. The Hall–Kier alpha value is -0.830. The van der Waals surface area contributed by atoms with E-state index in [2.05, 4.69) is 48.8 Å². The standard InChI is InChI=1S/C18H27BrO2/c1-7-21-16(20)18(5,6)17(3,4)15(13(2)19)14-11-9-8-10-12-14/h8-13,15H,7H2,1-6H3. The zero-order chi connectivity index (χ0) is 16.3. The summed E-state index contributed by atoms with van der Waals surface area (Å²) in [5.74, 6) is 0.0715. The molecule has 0 fully saturated rings. The van der Waals surface area contributed by atoms with E-state index in [0.29, 0.717) is 6.61 Å². The molecule has 2 unspecified atom stereocenters. The number of halogens is 1. The Morgan fingerprint density at radius 1 is 1.19 bits per heavy atom. The second-order valence-electron chi connectivity index (χ2n) is 6.63. The molecule has 21 heavy (non-hydrogen) atoms. The minimum Gasteiger partial charge on any atom is -0.466 e. The first kappa shape index (κ1) is 18.2. The smallest absolute Gasteiger partial charge is 0.312 e. The number of esters is 1. The van der Waals surface area contributed by atoms with Gasteiger partial charge in [0.25, 0.3) is 0 Å². The van der Waals surface area contributed by atoms with Crippen molar-refractivity contribution in [2.45, 2.75) is 52.3 Å². The number of ether oxygens (including phenoxy) is 1. The Kier molecular flexibility index (Phi) is 6.03. The van der Waals surface area contributed by atoms with Crippen molar-refractivity contribution in [1.82, 2.24) is 0 Å². The highest BCUT2D eigenvalue weighted by Crippen LogP contribution is 2.52. The Morgan fingerprint density at radius 3 is 2.14 bits per heavy atom. The summed E-state index contributed by atoms with van der Waals surface area (Å²) in [4.78, 5) is 12.7. The lowest BCUT2D eigenvalue weighted by molar-refractivity contribution is -0.161. The summed E-state index contributed by atoms with van der Waals surface area (Å²) in [6.07, 6.45) is 0. The number of hydrogen-bond donors (Lipinski definition) is 0. The van der Waals surface area contributed by atoms with Gasteiger partial charge in [0.15, 0.2) is 0 Å². The van der Waals surface area contributed by atoms with Gasteiger partial charge >= 0.3 is 5.97 Å². The molecule has 0 radical (unpaired) electrons. The van der Waals surface area contributed by atoms with Gasteiger partial charge in [-0.1, -0.05) is 67.0 Å². The molecule has 0 saturated heterocycles. The van der Waals surface area contributed by atoms with Crippen molar-refractivity contribution < 1.29 is 9.53 Å². The summed E-state index contributed by atoms with van der Waals surface area (Å²) >= 11 is 3.74. The summed E-state index contributed by atoms with van der Waals surface area (Å²) in [5.41, 5.74) is 0.402. The lowest BCUT2D eigenvalue weighted by Gasteiger charge is -2.46. The van der Waals surface area contributed by atoms with Crippen molar-refractivity contribution in [2.75, 3.05) is 6.61 Å². The topological polar surface area (TPSA) is 26.3 Å². The van der Waals surface area contributed by atoms with Crippen LogP contribution in [-0.2, 0) is 9.53 Å². The van der Waals surface area contributed by atoms with Gasteiger partial charge in [0, 0.05) is 10.7 Å². The number of alkyl halides is 1. The van der Waals surface area contributed by atoms with Crippen molar-refractivity contribution in [3.05, 3.63) is 35.9 Å². The molecule has 1 rings (SSSR count). The summed E-state index contributed by atoms with van der Waals surface area (Å²) in [6.45, 7) is 12.7. The fraction of sp³-hybridized carbons (Fsp3) is 0.611. The van der Waals surface area contributed by atoms with Crippen LogP contribution in [0.2, 0.25) is 0 Å². The number of benzene rings is 1. The van der Waals surface area contributed by atoms with Crippen LogP contribution < -0.4 is 0 Å². The summed E-state index contributed by atoms with van der Waals surface area (Å²) in [7, 11) is 0. The van der Waals surface area contributed by atoms with Gasteiger partial charge < -0.3 is 4.74 Å². The Bertz CT molecular complexity index is 463. The first-order valence-electron chi connectivity index (χ1n) is 7.52. The van der Waals surface area contributed by atoms with E-state index in [0.717, 1.165) is 0 Å². The third-order valence-corrected chi connectivity index (χ3v) is 5.32. The number of rotatable bonds is 6. The highest BCUT2D eigenvalue weighted by Gasteiger charge is 2.50. The second-order valence-corrected chi connectivity index (χ2v) is 8.08. The van der Waals surface area contributed by atoms with Crippen molar-refractivity contribution in [2.24, 2.45) is 10.8 Å². The normalized spacial score (nSPS) is 15.4. The van der Waals surface area contributed by atoms with E-state index in [4.69, 9.17) is 4.74 Å². The van der Waals surface area contributed by atoms with E-state index in [1.165, 1.54) is 5.56 Å². The summed E-state index contributed by atoms with van der Waals surface area (Å²) in [6, 6.07) is 10.4. The monoisotopic (exact) mass is 354 g/mol.